The molecule has 3 rings (SSSR count). The highest BCUT2D eigenvalue weighted by atomic mass is 35.5. The van der Waals surface area contributed by atoms with Gasteiger partial charge in [-0.15, -0.1) is 0 Å². The first-order chi connectivity index (χ1) is 14.9. The Kier molecular flexibility index (Phi) is 7.64. The lowest BCUT2D eigenvalue weighted by atomic mass is 10.2. The van der Waals surface area contributed by atoms with E-state index in [2.05, 4.69) is 10.3 Å². The number of nitrogens with zero attached hydrogens (tertiary/aromatic N) is 2. The van der Waals surface area contributed by atoms with Crippen LogP contribution in [0.2, 0.25) is 5.02 Å². The van der Waals surface area contributed by atoms with Crippen molar-refractivity contribution in [1.82, 2.24) is 4.90 Å². The second-order valence-corrected chi connectivity index (χ2v) is 8.07. The van der Waals surface area contributed by atoms with Crippen molar-refractivity contribution in [3.05, 3.63) is 59.4 Å². The minimum Gasteiger partial charge on any atom is -0.465 e. The second-order valence-electron chi connectivity index (χ2n) is 6.47. The minimum atomic E-state index is -0.774. The lowest BCUT2D eigenvalue weighted by Crippen LogP contribution is -2.47. The molecule has 0 unspecified atom stereocenters. The van der Waals surface area contributed by atoms with Crippen molar-refractivity contribution in [2.75, 3.05) is 18.5 Å². The SMILES string of the molecule is CCOC(=O)CN1C(=O)C[C@H](C(=O)Nc2cccc(Cl)c2)SC1=Nc1ccc(F)cc1. The van der Waals surface area contributed by atoms with E-state index < -0.39 is 28.9 Å². The Morgan fingerprint density at radius 2 is 2.03 bits per heavy atom. The highest BCUT2D eigenvalue weighted by Crippen LogP contribution is 2.30. The van der Waals surface area contributed by atoms with Crippen molar-refractivity contribution < 1.29 is 23.5 Å². The molecular formula is C21H19ClFN3O4S. The van der Waals surface area contributed by atoms with Crippen LogP contribution in [-0.2, 0) is 19.1 Å². The van der Waals surface area contributed by atoms with Crippen LogP contribution >= 0.6 is 23.4 Å². The Balaban J connectivity index is 1.84. The third kappa shape index (κ3) is 6.28. The summed E-state index contributed by atoms with van der Waals surface area (Å²) in [4.78, 5) is 43.0. The van der Waals surface area contributed by atoms with Crippen LogP contribution in [0.1, 0.15) is 13.3 Å². The van der Waals surface area contributed by atoms with Gasteiger partial charge >= 0.3 is 5.97 Å². The van der Waals surface area contributed by atoms with E-state index in [1.165, 1.54) is 29.2 Å². The highest BCUT2D eigenvalue weighted by Gasteiger charge is 2.37. The normalized spacial score (nSPS) is 17.5. The molecule has 1 aliphatic heterocycles. The molecule has 0 spiro atoms. The van der Waals surface area contributed by atoms with E-state index in [9.17, 15) is 18.8 Å². The van der Waals surface area contributed by atoms with Gasteiger partial charge in [0.1, 0.15) is 17.6 Å². The maximum absolute atomic E-state index is 13.2. The van der Waals surface area contributed by atoms with E-state index in [0.717, 1.165) is 11.8 Å². The van der Waals surface area contributed by atoms with E-state index in [1.54, 1.807) is 31.2 Å². The summed E-state index contributed by atoms with van der Waals surface area (Å²) >= 11 is 6.99. The molecule has 1 heterocycles. The molecule has 1 fully saturated rings. The molecule has 1 saturated heterocycles. The Labute approximate surface area is 187 Å². The molecule has 31 heavy (non-hydrogen) atoms. The number of nitrogens with one attached hydrogen (secondary N) is 1. The smallest absolute Gasteiger partial charge is 0.326 e. The molecule has 162 valence electrons. The number of thioether (sulfide) groups is 1. The monoisotopic (exact) mass is 463 g/mol. The molecular weight excluding hydrogens is 445 g/mol. The maximum Gasteiger partial charge on any atom is 0.326 e. The zero-order chi connectivity index (χ0) is 22.4. The van der Waals surface area contributed by atoms with Crippen molar-refractivity contribution in [2.24, 2.45) is 4.99 Å². The first-order valence-electron chi connectivity index (χ1n) is 9.39. The van der Waals surface area contributed by atoms with Crippen LogP contribution in [0.15, 0.2) is 53.5 Å². The molecule has 2 aromatic rings. The lowest BCUT2D eigenvalue weighted by Gasteiger charge is -2.31. The summed E-state index contributed by atoms with van der Waals surface area (Å²) in [7, 11) is 0. The molecule has 0 radical (unpaired) electrons. The van der Waals surface area contributed by atoms with Gasteiger partial charge in [0.05, 0.1) is 12.3 Å². The fraction of sp³-hybridized carbons (Fsp3) is 0.238. The number of carbonyl (C=O) groups is 3. The fourth-order valence-electron chi connectivity index (χ4n) is 2.75. The number of anilines is 1. The van der Waals surface area contributed by atoms with Crippen LogP contribution in [0.4, 0.5) is 15.8 Å². The number of hydrogen-bond acceptors (Lipinski definition) is 6. The fourth-order valence-corrected chi connectivity index (χ4v) is 4.04. The third-order valence-corrected chi connectivity index (χ3v) is 5.59. The van der Waals surface area contributed by atoms with Crippen LogP contribution in [0.3, 0.4) is 0 Å². The molecule has 7 nitrogen and oxygen atoms in total. The number of amidine groups is 1. The van der Waals surface area contributed by atoms with Gasteiger partial charge < -0.3 is 10.1 Å². The van der Waals surface area contributed by atoms with Gasteiger partial charge in [-0.3, -0.25) is 19.3 Å². The van der Waals surface area contributed by atoms with Crippen molar-refractivity contribution >= 4 is 57.7 Å². The van der Waals surface area contributed by atoms with E-state index in [-0.39, 0.29) is 24.7 Å². The van der Waals surface area contributed by atoms with E-state index in [0.29, 0.717) is 16.4 Å². The molecule has 0 bridgehead atoms. The molecule has 1 atom stereocenters. The second kappa shape index (κ2) is 10.4. The molecule has 1 aliphatic rings. The van der Waals surface area contributed by atoms with Crippen LogP contribution in [0.5, 0.6) is 0 Å². The molecule has 0 saturated carbocycles. The van der Waals surface area contributed by atoms with Crippen LogP contribution in [0.25, 0.3) is 0 Å². The average molecular weight is 464 g/mol. The Bertz CT molecular complexity index is 1020. The summed E-state index contributed by atoms with van der Waals surface area (Å²) < 4.78 is 18.2. The summed E-state index contributed by atoms with van der Waals surface area (Å²) in [5, 5.41) is 2.57. The van der Waals surface area contributed by atoms with Crippen LogP contribution in [0, 0.1) is 5.82 Å². The standard InChI is InChI=1S/C21H19ClFN3O4S/c1-2-30-19(28)12-26-18(27)11-17(20(29)24-16-5-3-4-13(22)10-16)31-21(26)25-15-8-6-14(23)7-9-15/h3-10,17H,2,11-12H2,1H3,(H,24,29)/t17-/m1/s1. The van der Waals surface area contributed by atoms with Crippen molar-refractivity contribution in [3.63, 3.8) is 0 Å². The number of halogens is 2. The summed E-state index contributed by atoms with van der Waals surface area (Å²) in [5.41, 5.74) is 0.873. The summed E-state index contributed by atoms with van der Waals surface area (Å²) in [6.45, 7) is 1.50. The van der Waals surface area contributed by atoms with Gasteiger partial charge in [-0.05, 0) is 49.4 Å². The van der Waals surface area contributed by atoms with E-state index in [4.69, 9.17) is 16.3 Å². The average Bonchev–Trinajstić information content (AvgIpc) is 2.72. The van der Waals surface area contributed by atoms with Crippen LogP contribution < -0.4 is 5.32 Å². The Hall–Kier alpha value is -2.91. The zero-order valence-electron chi connectivity index (χ0n) is 16.5. The number of aliphatic imine (C=N–C) groups is 1. The van der Waals surface area contributed by atoms with Gasteiger partial charge in [0.25, 0.3) is 0 Å². The summed E-state index contributed by atoms with van der Waals surface area (Å²) in [5.74, 6) is -1.87. The van der Waals surface area contributed by atoms with Gasteiger partial charge in [-0.2, -0.15) is 0 Å². The molecule has 2 aromatic carbocycles. The largest absolute Gasteiger partial charge is 0.465 e. The Morgan fingerprint density at radius 1 is 1.29 bits per heavy atom. The first-order valence-corrected chi connectivity index (χ1v) is 10.6. The Morgan fingerprint density at radius 3 is 2.71 bits per heavy atom. The van der Waals surface area contributed by atoms with Gasteiger partial charge in [-0.1, -0.05) is 29.4 Å². The van der Waals surface area contributed by atoms with Crippen LogP contribution in [-0.4, -0.2) is 46.3 Å². The lowest BCUT2D eigenvalue weighted by molar-refractivity contribution is -0.146. The van der Waals surface area contributed by atoms with Crippen molar-refractivity contribution in [2.45, 2.75) is 18.6 Å². The number of carbonyl (C=O) groups excluding carboxylic acids is 3. The predicted molar refractivity (Wildman–Crippen MR) is 118 cm³/mol. The van der Waals surface area contributed by atoms with Gasteiger partial charge in [-0.25, -0.2) is 9.38 Å². The molecule has 0 aliphatic carbocycles. The number of amides is 2. The summed E-state index contributed by atoms with van der Waals surface area (Å²) in [6, 6.07) is 12.0. The highest BCUT2D eigenvalue weighted by molar-refractivity contribution is 8.15. The van der Waals surface area contributed by atoms with E-state index >= 15 is 0 Å². The van der Waals surface area contributed by atoms with Gasteiger partial charge in [0.2, 0.25) is 11.8 Å². The quantitative estimate of drug-likeness (QED) is 0.654. The number of benzene rings is 2. The molecule has 2 amide bonds. The molecule has 0 aromatic heterocycles. The predicted octanol–water partition coefficient (Wildman–Crippen LogP) is 4.00. The first kappa shape index (κ1) is 22.8. The number of esters is 1. The number of rotatable bonds is 6. The minimum absolute atomic E-state index is 0.126. The maximum atomic E-state index is 13.2. The van der Waals surface area contributed by atoms with Crippen molar-refractivity contribution in [1.29, 1.82) is 0 Å². The van der Waals surface area contributed by atoms with E-state index in [1.807, 2.05) is 0 Å². The molecule has 1 N–H and O–H groups in total. The number of ether oxygens (including phenoxy) is 1. The topological polar surface area (TPSA) is 88.1 Å². The third-order valence-electron chi connectivity index (χ3n) is 4.17. The van der Waals surface area contributed by atoms with Gasteiger partial charge in [0.15, 0.2) is 5.17 Å². The van der Waals surface area contributed by atoms with Crippen molar-refractivity contribution in [3.8, 4) is 0 Å². The summed E-state index contributed by atoms with van der Waals surface area (Å²) in [6.07, 6.45) is -0.126. The van der Waals surface area contributed by atoms with Gasteiger partial charge in [0, 0.05) is 17.1 Å². The molecule has 10 heteroatoms. The zero-order valence-corrected chi connectivity index (χ0v) is 18.1. The number of hydrogen-bond donors (Lipinski definition) is 1.